The third-order valence-electron chi connectivity index (χ3n) is 6.38. The highest BCUT2D eigenvalue weighted by Gasteiger charge is 2.62. The van der Waals surface area contributed by atoms with Crippen LogP contribution in [0.1, 0.15) is 20.3 Å². The summed E-state index contributed by atoms with van der Waals surface area (Å²) in [6.45, 7) is 4.09. The first kappa shape index (κ1) is 18.6. The van der Waals surface area contributed by atoms with Crippen molar-refractivity contribution in [2.24, 2.45) is 11.8 Å². The number of likely N-dealkylation sites (tertiary alicyclic amines) is 1. The molecule has 1 saturated carbocycles. The van der Waals surface area contributed by atoms with E-state index in [1.54, 1.807) is 15.6 Å². The molecule has 2 amide bonds. The Kier molecular flexibility index (Phi) is 4.23. The van der Waals surface area contributed by atoms with E-state index in [4.69, 9.17) is 4.74 Å². The molecule has 156 valence electrons. The number of piperidine rings is 1. The number of amides is 2. The van der Waals surface area contributed by atoms with Gasteiger partial charge in [0, 0.05) is 24.9 Å². The topological polar surface area (TPSA) is 88.8 Å². The van der Waals surface area contributed by atoms with E-state index in [-0.39, 0.29) is 13.4 Å². The molecule has 1 N–H and O–H groups in total. The first-order valence-electron chi connectivity index (χ1n) is 10.1. The minimum atomic E-state index is -0.513. The van der Waals surface area contributed by atoms with Gasteiger partial charge in [0.25, 0.3) is 0 Å². The lowest BCUT2D eigenvalue weighted by atomic mass is 10.1. The summed E-state index contributed by atoms with van der Waals surface area (Å²) in [5, 5.41) is 7.53. The number of ether oxygens (including phenoxy) is 1. The van der Waals surface area contributed by atoms with Crippen molar-refractivity contribution in [1.82, 2.24) is 19.5 Å². The van der Waals surface area contributed by atoms with Crippen molar-refractivity contribution in [3.63, 3.8) is 0 Å². The van der Waals surface area contributed by atoms with Gasteiger partial charge >= 0.3 is 6.09 Å². The molecule has 2 fully saturated rings. The number of nitrogens with zero attached hydrogens (tertiary/aromatic N) is 4. The minimum absolute atomic E-state index is 0. The molecule has 1 aliphatic carbocycles. The molecule has 0 spiro atoms. The lowest BCUT2D eigenvalue weighted by Gasteiger charge is -2.26. The standard InChI is InChI=1S/C22H23N5O3.H2/c1-12-6-7-14(9-16(12)20-23-11-15-5-4-8-26(15)25-20)24-21(28)18-10-17-13(2)19(17)27(18)22(29)30-3;/h4-9,11,13,17-19H,10H2,1-3H3,(H,24,28);1H/t13?,17?,18-,19?;/m0./s1. The molecule has 8 heteroatoms. The van der Waals surface area contributed by atoms with E-state index in [1.807, 2.05) is 43.5 Å². The van der Waals surface area contributed by atoms with Gasteiger partial charge in [0.05, 0.1) is 18.8 Å². The third kappa shape index (κ3) is 2.91. The van der Waals surface area contributed by atoms with E-state index in [2.05, 4.69) is 22.3 Å². The van der Waals surface area contributed by atoms with Gasteiger partial charge in [-0.3, -0.25) is 9.69 Å². The van der Waals surface area contributed by atoms with Crippen LogP contribution in [0.25, 0.3) is 16.9 Å². The Hall–Kier alpha value is -3.42. The fourth-order valence-electron chi connectivity index (χ4n) is 4.63. The predicted molar refractivity (Wildman–Crippen MR) is 113 cm³/mol. The second-order valence-electron chi connectivity index (χ2n) is 8.12. The molecular formula is C22H25N5O3. The second kappa shape index (κ2) is 6.83. The van der Waals surface area contributed by atoms with Crippen LogP contribution in [0.2, 0.25) is 0 Å². The first-order valence-corrected chi connectivity index (χ1v) is 10.1. The summed E-state index contributed by atoms with van der Waals surface area (Å²) in [7, 11) is 1.35. The van der Waals surface area contributed by atoms with Crippen molar-refractivity contribution in [2.75, 3.05) is 12.4 Å². The van der Waals surface area contributed by atoms with Crippen LogP contribution < -0.4 is 5.32 Å². The van der Waals surface area contributed by atoms with Gasteiger partial charge < -0.3 is 10.1 Å². The number of anilines is 1. The molecule has 4 atom stereocenters. The summed E-state index contributed by atoms with van der Waals surface area (Å²) < 4.78 is 6.69. The van der Waals surface area contributed by atoms with E-state index in [1.165, 1.54) is 7.11 Å². The predicted octanol–water partition coefficient (Wildman–Crippen LogP) is 3.36. The van der Waals surface area contributed by atoms with Crippen LogP contribution in [-0.2, 0) is 9.53 Å². The largest absolute Gasteiger partial charge is 0.453 e. The van der Waals surface area contributed by atoms with Gasteiger partial charge in [-0.05, 0) is 55.0 Å². The average molecular weight is 407 g/mol. The van der Waals surface area contributed by atoms with Gasteiger partial charge in [-0.2, -0.15) is 0 Å². The minimum Gasteiger partial charge on any atom is -0.453 e. The molecule has 3 unspecified atom stereocenters. The number of carbonyl (C=O) groups is 2. The normalized spacial score (nSPS) is 24.6. The molecule has 1 saturated heterocycles. The van der Waals surface area contributed by atoms with E-state index in [0.29, 0.717) is 29.8 Å². The zero-order valence-electron chi connectivity index (χ0n) is 17.1. The molecule has 5 rings (SSSR count). The number of fused-ring (bicyclic) bond motifs is 2. The van der Waals surface area contributed by atoms with Gasteiger partial charge in [0.2, 0.25) is 5.91 Å². The average Bonchev–Trinajstić information content (AvgIpc) is 3.13. The lowest BCUT2D eigenvalue weighted by molar-refractivity contribution is -0.120. The molecule has 1 aromatic carbocycles. The van der Waals surface area contributed by atoms with Crippen LogP contribution in [0.3, 0.4) is 0 Å². The van der Waals surface area contributed by atoms with Gasteiger partial charge in [0.15, 0.2) is 5.82 Å². The smallest absolute Gasteiger partial charge is 0.410 e. The molecule has 3 heterocycles. The van der Waals surface area contributed by atoms with Crippen molar-refractivity contribution in [3.8, 4) is 11.4 Å². The van der Waals surface area contributed by atoms with Gasteiger partial charge in [-0.25, -0.2) is 14.3 Å². The monoisotopic (exact) mass is 407 g/mol. The quantitative estimate of drug-likeness (QED) is 0.719. The summed E-state index contributed by atoms with van der Waals surface area (Å²) in [5.74, 6) is 1.17. The zero-order valence-corrected chi connectivity index (χ0v) is 17.1. The van der Waals surface area contributed by atoms with Crippen molar-refractivity contribution in [2.45, 2.75) is 32.4 Å². The van der Waals surface area contributed by atoms with E-state index < -0.39 is 12.1 Å². The summed E-state index contributed by atoms with van der Waals surface area (Å²) in [5.41, 5.74) is 3.41. The molecule has 8 nitrogen and oxygen atoms in total. The number of hydrogen-bond acceptors (Lipinski definition) is 5. The van der Waals surface area contributed by atoms with Gasteiger partial charge in [0.1, 0.15) is 6.04 Å². The first-order chi connectivity index (χ1) is 14.5. The van der Waals surface area contributed by atoms with Crippen LogP contribution in [0.4, 0.5) is 10.5 Å². The number of carbonyl (C=O) groups excluding carboxylic acids is 2. The zero-order chi connectivity index (χ0) is 21.0. The Morgan fingerprint density at radius 3 is 2.93 bits per heavy atom. The van der Waals surface area contributed by atoms with Crippen LogP contribution in [0.5, 0.6) is 0 Å². The fraction of sp³-hybridized carbons (Fsp3) is 0.364. The molecule has 0 bridgehead atoms. The number of benzene rings is 1. The highest BCUT2D eigenvalue weighted by atomic mass is 16.5. The van der Waals surface area contributed by atoms with Gasteiger partial charge in [-0.15, -0.1) is 5.10 Å². The van der Waals surface area contributed by atoms with Crippen LogP contribution in [-0.4, -0.2) is 50.7 Å². The van der Waals surface area contributed by atoms with Crippen molar-refractivity contribution < 1.29 is 15.8 Å². The summed E-state index contributed by atoms with van der Waals surface area (Å²) in [6, 6.07) is 9.10. The summed E-state index contributed by atoms with van der Waals surface area (Å²) in [4.78, 5) is 31.3. The van der Waals surface area contributed by atoms with E-state index in [0.717, 1.165) is 16.6 Å². The summed E-state index contributed by atoms with van der Waals surface area (Å²) >= 11 is 0. The van der Waals surface area contributed by atoms with Crippen LogP contribution in [0.15, 0.2) is 42.7 Å². The Bertz CT molecular complexity index is 1160. The number of nitrogens with one attached hydrogen (secondary N) is 1. The molecule has 2 aromatic heterocycles. The molecular weight excluding hydrogens is 382 g/mol. The maximum atomic E-state index is 13.0. The van der Waals surface area contributed by atoms with Gasteiger partial charge in [-0.1, -0.05) is 13.0 Å². The fourth-order valence-corrected chi connectivity index (χ4v) is 4.63. The third-order valence-corrected chi connectivity index (χ3v) is 6.38. The number of hydrogen-bond donors (Lipinski definition) is 1. The van der Waals surface area contributed by atoms with Crippen molar-refractivity contribution in [3.05, 3.63) is 48.3 Å². The molecule has 1 aliphatic heterocycles. The SMILES string of the molecule is COC(=O)N1C2C(C)C2C[C@H]1C(=O)Nc1ccc(C)c(-c2ncc3cccn3n2)c1.[HH]. The van der Waals surface area contributed by atoms with E-state index in [9.17, 15) is 9.59 Å². The number of rotatable bonds is 3. The molecule has 2 aliphatic rings. The van der Waals surface area contributed by atoms with Crippen LogP contribution >= 0.6 is 0 Å². The van der Waals surface area contributed by atoms with Crippen LogP contribution in [0, 0.1) is 18.8 Å². The maximum Gasteiger partial charge on any atom is 0.410 e. The Balaban J connectivity index is 0.00000231. The Labute approximate surface area is 175 Å². The van der Waals surface area contributed by atoms with E-state index >= 15 is 0 Å². The highest BCUT2D eigenvalue weighted by Crippen LogP contribution is 2.53. The number of aryl methyl sites for hydroxylation is 1. The second-order valence-corrected chi connectivity index (χ2v) is 8.12. The maximum absolute atomic E-state index is 13.0. The van der Waals surface area contributed by atoms with Crippen molar-refractivity contribution in [1.29, 1.82) is 0 Å². The molecule has 30 heavy (non-hydrogen) atoms. The lowest BCUT2D eigenvalue weighted by Crippen LogP contribution is -2.46. The molecule has 0 radical (unpaired) electrons. The summed E-state index contributed by atoms with van der Waals surface area (Å²) in [6.07, 6.45) is 3.87. The molecule has 3 aromatic rings. The highest BCUT2D eigenvalue weighted by molar-refractivity contribution is 5.97. The van der Waals surface area contributed by atoms with Crippen molar-refractivity contribution >= 4 is 23.2 Å². The number of methoxy groups -OCH3 is 1. The Morgan fingerprint density at radius 1 is 1.30 bits per heavy atom. The number of aromatic nitrogens is 3. The Morgan fingerprint density at radius 2 is 2.13 bits per heavy atom.